The number of hydrogen-bond donors (Lipinski definition) is 3. The Hall–Kier alpha value is -1.94. The van der Waals surface area contributed by atoms with Gasteiger partial charge < -0.3 is 33.8 Å². The van der Waals surface area contributed by atoms with Crippen molar-refractivity contribution in [2.45, 2.75) is 387 Å². The zero-order valence-corrected chi connectivity index (χ0v) is 60.1. The molecule has 19 heteroatoms. The minimum absolute atomic E-state index is 0.104. The molecule has 0 rings (SSSR count). The molecular formula is C71H138O17P2. The van der Waals surface area contributed by atoms with Crippen LogP contribution in [0.2, 0.25) is 0 Å². The van der Waals surface area contributed by atoms with E-state index in [1.165, 1.54) is 186 Å². The van der Waals surface area contributed by atoms with Crippen molar-refractivity contribution < 1.29 is 80.2 Å². The third-order valence-corrected chi connectivity index (χ3v) is 18.4. The van der Waals surface area contributed by atoms with E-state index in [2.05, 4.69) is 34.6 Å². The lowest BCUT2D eigenvalue weighted by Crippen LogP contribution is -2.30. The summed E-state index contributed by atoms with van der Waals surface area (Å²) < 4.78 is 68.1. The van der Waals surface area contributed by atoms with Gasteiger partial charge in [0.1, 0.15) is 19.3 Å². The lowest BCUT2D eigenvalue weighted by molar-refractivity contribution is -0.161. The molecule has 2 unspecified atom stereocenters. The van der Waals surface area contributed by atoms with Gasteiger partial charge in [0.25, 0.3) is 0 Å². The van der Waals surface area contributed by atoms with Crippen LogP contribution in [-0.2, 0) is 65.4 Å². The number of phosphoric acid groups is 2. The average Bonchev–Trinajstić information content (AvgIpc) is 2.01. The van der Waals surface area contributed by atoms with Crippen molar-refractivity contribution in [3.8, 4) is 0 Å². The minimum Gasteiger partial charge on any atom is -0.462 e. The Labute approximate surface area is 549 Å². The molecule has 0 aliphatic heterocycles. The molecule has 0 radical (unpaired) electrons. The van der Waals surface area contributed by atoms with Crippen molar-refractivity contribution in [3.63, 3.8) is 0 Å². The van der Waals surface area contributed by atoms with E-state index in [1.807, 2.05) is 0 Å². The standard InChI is InChI=1S/C71H138O17P2/c1-6-9-12-15-17-19-21-23-25-27-29-31-33-35-40-45-50-55-69(74)82-61-67(88-70(75)56-51-46-41-36-34-32-30-28-26-24-22-20-18-16-13-10-7-2)63-86-90(79,80)84-59-65(72)58-83-89(77,78)85-62-66(60-81-68(73)54-49-43-14-11-8-3)87-71(76)57-52-47-42-38-37-39-44-48-53-64(4)5/h64-67,72H,6-63H2,1-5H3,(H,77,78)(H,79,80)/t65-,66+,67+/m0/s1. The van der Waals surface area contributed by atoms with E-state index in [1.54, 1.807) is 0 Å². The second-order valence-corrected chi connectivity index (χ2v) is 29.0. The third kappa shape index (κ3) is 64.8. The van der Waals surface area contributed by atoms with Crippen LogP contribution in [0.15, 0.2) is 0 Å². The van der Waals surface area contributed by atoms with Crippen LogP contribution < -0.4 is 0 Å². The fraction of sp³-hybridized carbons (Fsp3) is 0.944. The molecule has 534 valence electrons. The van der Waals surface area contributed by atoms with E-state index >= 15 is 0 Å². The molecular weight excluding hydrogens is 1190 g/mol. The molecule has 0 aromatic rings. The topological polar surface area (TPSA) is 237 Å². The van der Waals surface area contributed by atoms with Crippen molar-refractivity contribution in [2.24, 2.45) is 5.92 Å². The summed E-state index contributed by atoms with van der Waals surface area (Å²) >= 11 is 0. The summed E-state index contributed by atoms with van der Waals surface area (Å²) in [5.41, 5.74) is 0. The van der Waals surface area contributed by atoms with Crippen LogP contribution in [0.3, 0.4) is 0 Å². The number of carbonyl (C=O) groups is 4. The van der Waals surface area contributed by atoms with Gasteiger partial charge in [-0.15, -0.1) is 0 Å². The first-order valence-electron chi connectivity index (χ1n) is 37.1. The summed E-state index contributed by atoms with van der Waals surface area (Å²) in [6, 6.07) is 0. The van der Waals surface area contributed by atoms with E-state index < -0.39 is 97.5 Å². The fourth-order valence-corrected chi connectivity index (χ4v) is 12.4. The van der Waals surface area contributed by atoms with Crippen molar-refractivity contribution >= 4 is 39.5 Å². The molecule has 0 saturated carbocycles. The highest BCUT2D eigenvalue weighted by Gasteiger charge is 2.30. The van der Waals surface area contributed by atoms with Crippen LogP contribution >= 0.6 is 15.6 Å². The van der Waals surface area contributed by atoms with E-state index in [0.29, 0.717) is 25.7 Å². The van der Waals surface area contributed by atoms with Crippen molar-refractivity contribution in [1.29, 1.82) is 0 Å². The Morgan fingerprint density at radius 2 is 0.511 bits per heavy atom. The highest BCUT2D eigenvalue weighted by molar-refractivity contribution is 7.47. The minimum atomic E-state index is -4.95. The molecule has 17 nitrogen and oxygen atoms in total. The summed E-state index contributed by atoms with van der Waals surface area (Å²) in [5, 5.41) is 10.6. The first-order chi connectivity index (χ1) is 43.5. The number of ether oxygens (including phenoxy) is 4. The molecule has 0 heterocycles. The summed E-state index contributed by atoms with van der Waals surface area (Å²) in [4.78, 5) is 72.3. The smallest absolute Gasteiger partial charge is 0.462 e. The predicted octanol–water partition coefficient (Wildman–Crippen LogP) is 20.5. The predicted molar refractivity (Wildman–Crippen MR) is 363 cm³/mol. The van der Waals surface area contributed by atoms with E-state index in [4.69, 9.17) is 37.0 Å². The van der Waals surface area contributed by atoms with Gasteiger partial charge in [-0.1, -0.05) is 317 Å². The highest BCUT2D eigenvalue weighted by Crippen LogP contribution is 2.45. The summed E-state index contributed by atoms with van der Waals surface area (Å²) in [6.45, 7) is 7.13. The van der Waals surface area contributed by atoms with Gasteiger partial charge >= 0.3 is 39.5 Å². The zero-order chi connectivity index (χ0) is 66.3. The maximum atomic E-state index is 13.0. The van der Waals surface area contributed by atoms with Crippen LogP contribution in [0.5, 0.6) is 0 Å². The maximum Gasteiger partial charge on any atom is 0.472 e. The van der Waals surface area contributed by atoms with Crippen LogP contribution in [0.1, 0.15) is 369 Å². The molecule has 0 amide bonds. The van der Waals surface area contributed by atoms with Crippen LogP contribution in [-0.4, -0.2) is 96.7 Å². The monoisotopic (exact) mass is 1320 g/mol. The lowest BCUT2D eigenvalue weighted by Gasteiger charge is -2.21. The van der Waals surface area contributed by atoms with Gasteiger partial charge in [-0.05, 0) is 31.6 Å². The van der Waals surface area contributed by atoms with Gasteiger partial charge in [-0.2, -0.15) is 0 Å². The van der Waals surface area contributed by atoms with E-state index in [-0.39, 0.29) is 25.7 Å². The molecule has 3 N–H and O–H groups in total. The second-order valence-electron chi connectivity index (χ2n) is 26.1. The molecule has 0 saturated heterocycles. The van der Waals surface area contributed by atoms with Crippen molar-refractivity contribution in [3.05, 3.63) is 0 Å². The Balaban J connectivity index is 5.15. The molecule has 0 spiro atoms. The zero-order valence-electron chi connectivity index (χ0n) is 58.3. The van der Waals surface area contributed by atoms with E-state index in [9.17, 15) is 43.2 Å². The third-order valence-electron chi connectivity index (χ3n) is 16.5. The van der Waals surface area contributed by atoms with E-state index in [0.717, 1.165) is 102 Å². The molecule has 5 atom stereocenters. The number of phosphoric ester groups is 2. The largest absolute Gasteiger partial charge is 0.472 e. The van der Waals surface area contributed by atoms with Gasteiger partial charge in [-0.25, -0.2) is 9.13 Å². The van der Waals surface area contributed by atoms with Gasteiger partial charge in [0, 0.05) is 25.7 Å². The number of carbonyl (C=O) groups excluding carboxylic acids is 4. The van der Waals surface area contributed by atoms with Gasteiger partial charge in [-0.3, -0.25) is 37.3 Å². The lowest BCUT2D eigenvalue weighted by atomic mass is 10.0. The molecule has 0 aromatic carbocycles. The fourth-order valence-electron chi connectivity index (χ4n) is 10.8. The number of aliphatic hydroxyl groups is 1. The Morgan fingerprint density at radius 1 is 0.300 bits per heavy atom. The Bertz CT molecular complexity index is 1740. The number of aliphatic hydroxyl groups excluding tert-OH is 1. The number of esters is 4. The SMILES string of the molecule is CCCCCCCCCCCCCCCCCCCC(=O)OC[C@H](COP(=O)(O)OC[C@@H](O)COP(=O)(O)OC[C@@H](COC(=O)CCCCCCC)OC(=O)CCCCCCCCCCC(C)C)OC(=O)CCCCCCCCCCCCCCCCCCC. The molecule has 0 bridgehead atoms. The number of hydrogen-bond acceptors (Lipinski definition) is 15. The Kier molecular flexibility index (Phi) is 63.0. The summed E-state index contributed by atoms with van der Waals surface area (Å²) in [5.74, 6) is -1.41. The van der Waals surface area contributed by atoms with Crippen LogP contribution in [0.25, 0.3) is 0 Å². The van der Waals surface area contributed by atoms with Gasteiger partial charge in [0.15, 0.2) is 12.2 Å². The normalized spacial score (nSPS) is 14.1. The van der Waals surface area contributed by atoms with Crippen LogP contribution in [0.4, 0.5) is 0 Å². The van der Waals surface area contributed by atoms with Gasteiger partial charge in [0.05, 0.1) is 26.4 Å². The highest BCUT2D eigenvalue weighted by atomic mass is 31.2. The average molecular weight is 1330 g/mol. The second kappa shape index (κ2) is 64.4. The molecule has 0 aromatic heterocycles. The summed E-state index contributed by atoms with van der Waals surface area (Å²) in [6.07, 6.45) is 51.8. The first-order valence-corrected chi connectivity index (χ1v) is 40.1. The Morgan fingerprint density at radius 3 is 0.756 bits per heavy atom. The number of unbranched alkanes of at least 4 members (excludes halogenated alkanes) is 43. The molecule has 0 fully saturated rings. The van der Waals surface area contributed by atoms with Crippen molar-refractivity contribution in [2.75, 3.05) is 39.6 Å². The number of rotatable bonds is 71. The first kappa shape index (κ1) is 88.1. The quantitative estimate of drug-likeness (QED) is 0.0222. The van der Waals surface area contributed by atoms with Gasteiger partial charge in [0.2, 0.25) is 0 Å². The van der Waals surface area contributed by atoms with Crippen molar-refractivity contribution in [1.82, 2.24) is 0 Å². The summed E-state index contributed by atoms with van der Waals surface area (Å²) in [7, 11) is -9.89. The molecule has 90 heavy (non-hydrogen) atoms. The maximum absolute atomic E-state index is 13.0. The molecule has 0 aliphatic rings. The molecule has 0 aliphatic carbocycles. The van der Waals surface area contributed by atoms with Crippen LogP contribution in [0, 0.1) is 5.92 Å².